The molecule has 2 atom stereocenters. The molecule has 2 rings (SSSR count). The fourth-order valence-corrected chi connectivity index (χ4v) is 4.32. The van der Waals surface area contributed by atoms with E-state index in [2.05, 4.69) is 10.1 Å². The van der Waals surface area contributed by atoms with E-state index in [1.54, 1.807) is 18.2 Å². The van der Waals surface area contributed by atoms with Gasteiger partial charge in [-0.2, -0.15) is 4.31 Å². The SMILES string of the molecule is COC(=O)[C@H](CN)NC(=O)[C@@H]1CCCN1S(=O)(=O)c1ccccc1. The van der Waals surface area contributed by atoms with Gasteiger partial charge >= 0.3 is 5.97 Å². The van der Waals surface area contributed by atoms with Crippen LogP contribution in [0.3, 0.4) is 0 Å². The average molecular weight is 355 g/mol. The summed E-state index contributed by atoms with van der Waals surface area (Å²) in [5, 5.41) is 2.47. The molecule has 1 aromatic rings. The summed E-state index contributed by atoms with van der Waals surface area (Å²) < 4.78 is 31.2. The molecule has 3 N–H and O–H groups in total. The van der Waals surface area contributed by atoms with Crippen LogP contribution >= 0.6 is 0 Å². The Morgan fingerprint density at radius 2 is 2.04 bits per heavy atom. The standard InChI is InChI=1S/C15H21N3O5S/c1-23-15(20)12(10-16)17-14(19)13-8-5-9-18(13)24(21,22)11-6-3-2-4-7-11/h2-4,6-7,12-13H,5,8-10,16H2,1H3,(H,17,19)/t12-,13-/m0/s1. The summed E-state index contributed by atoms with van der Waals surface area (Å²) in [6, 6.07) is 6.08. The van der Waals surface area contributed by atoms with Gasteiger partial charge in [-0.25, -0.2) is 13.2 Å². The van der Waals surface area contributed by atoms with E-state index < -0.39 is 34.0 Å². The fourth-order valence-electron chi connectivity index (χ4n) is 2.64. The van der Waals surface area contributed by atoms with Crippen LogP contribution < -0.4 is 11.1 Å². The number of nitrogens with two attached hydrogens (primary N) is 1. The van der Waals surface area contributed by atoms with Gasteiger partial charge in [0, 0.05) is 13.1 Å². The van der Waals surface area contributed by atoms with Crippen molar-refractivity contribution < 1.29 is 22.7 Å². The number of esters is 1. The topological polar surface area (TPSA) is 119 Å². The maximum atomic E-state index is 12.7. The highest BCUT2D eigenvalue weighted by Gasteiger charge is 2.40. The molecule has 0 unspecified atom stereocenters. The van der Waals surface area contributed by atoms with Gasteiger partial charge in [0.15, 0.2) is 0 Å². The lowest BCUT2D eigenvalue weighted by Gasteiger charge is -2.25. The number of carbonyl (C=O) groups is 2. The van der Waals surface area contributed by atoms with Gasteiger partial charge in [0.2, 0.25) is 15.9 Å². The van der Waals surface area contributed by atoms with Crippen LogP contribution in [-0.2, 0) is 24.3 Å². The van der Waals surface area contributed by atoms with Crippen molar-refractivity contribution in [1.29, 1.82) is 0 Å². The number of nitrogens with one attached hydrogen (secondary N) is 1. The van der Waals surface area contributed by atoms with Crippen molar-refractivity contribution in [3.8, 4) is 0 Å². The molecule has 1 heterocycles. The summed E-state index contributed by atoms with van der Waals surface area (Å²) in [6.45, 7) is 0.122. The number of rotatable bonds is 6. The normalized spacial score (nSPS) is 19.7. The number of sulfonamides is 1. The number of amides is 1. The predicted octanol–water partition coefficient (Wildman–Crippen LogP) is -0.544. The number of ether oxygens (including phenoxy) is 1. The van der Waals surface area contributed by atoms with Gasteiger partial charge in [-0.05, 0) is 25.0 Å². The average Bonchev–Trinajstić information content (AvgIpc) is 3.10. The number of benzene rings is 1. The Kier molecular flexibility index (Phi) is 5.92. The van der Waals surface area contributed by atoms with Crippen molar-refractivity contribution in [3.63, 3.8) is 0 Å². The van der Waals surface area contributed by atoms with Gasteiger partial charge in [-0.3, -0.25) is 4.79 Å². The Balaban J connectivity index is 2.18. The highest BCUT2D eigenvalue weighted by molar-refractivity contribution is 7.89. The molecule has 1 fully saturated rings. The number of methoxy groups -OCH3 is 1. The van der Waals surface area contributed by atoms with Crippen molar-refractivity contribution in [3.05, 3.63) is 30.3 Å². The van der Waals surface area contributed by atoms with E-state index in [1.165, 1.54) is 23.5 Å². The molecule has 1 amide bonds. The number of hydrogen-bond acceptors (Lipinski definition) is 6. The molecule has 1 aromatic carbocycles. The minimum absolute atomic E-state index is 0.128. The largest absolute Gasteiger partial charge is 0.467 e. The molecule has 0 spiro atoms. The molecule has 0 aliphatic carbocycles. The lowest BCUT2D eigenvalue weighted by atomic mass is 10.2. The van der Waals surface area contributed by atoms with Gasteiger partial charge in [0.1, 0.15) is 12.1 Å². The molecule has 1 saturated heterocycles. The summed E-state index contributed by atoms with van der Waals surface area (Å²) in [7, 11) is -2.58. The maximum absolute atomic E-state index is 12.7. The van der Waals surface area contributed by atoms with E-state index in [4.69, 9.17) is 5.73 Å². The third-order valence-electron chi connectivity index (χ3n) is 3.89. The molecule has 9 heteroatoms. The summed E-state index contributed by atoms with van der Waals surface area (Å²) in [5.41, 5.74) is 5.46. The molecular formula is C15H21N3O5S. The first kappa shape index (κ1) is 18.4. The van der Waals surface area contributed by atoms with Crippen molar-refractivity contribution in [2.45, 2.75) is 29.8 Å². The van der Waals surface area contributed by atoms with Crippen molar-refractivity contribution in [2.24, 2.45) is 5.73 Å². The van der Waals surface area contributed by atoms with E-state index in [1.807, 2.05) is 0 Å². The zero-order valence-electron chi connectivity index (χ0n) is 13.3. The van der Waals surface area contributed by atoms with Crippen LogP contribution in [0, 0.1) is 0 Å². The Hall–Kier alpha value is -1.97. The summed E-state index contributed by atoms with van der Waals surface area (Å²) in [4.78, 5) is 24.1. The molecule has 0 bridgehead atoms. The first-order valence-electron chi connectivity index (χ1n) is 7.57. The molecule has 0 radical (unpaired) electrons. The van der Waals surface area contributed by atoms with E-state index >= 15 is 0 Å². The van der Waals surface area contributed by atoms with Crippen molar-refractivity contribution in [1.82, 2.24) is 9.62 Å². The van der Waals surface area contributed by atoms with Crippen LogP contribution in [0.5, 0.6) is 0 Å². The second-order valence-electron chi connectivity index (χ2n) is 5.41. The van der Waals surface area contributed by atoms with Crippen LogP contribution in [-0.4, -0.2) is 56.9 Å². The van der Waals surface area contributed by atoms with Crippen LogP contribution in [0.25, 0.3) is 0 Å². The summed E-state index contributed by atoms with van der Waals surface area (Å²) in [5.74, 6) is -1.21. The second kappa shape index (κ2) is 7.73. The molecule has 0 saturated carbocycles. The molecule has 1 aliphatic rings. The van der Waals surface area contributed by atoms with E-state index in [0.29, 0.717) is 12.8 Å². The highest BCUT2D eigenvalue weighted by atomic mass is 32.2. The monoisotopic (exact) mass is 355 g/mol. The molecule has 24 heavy (non-hydrogen) atoms. The zero-order valence-corrected chi connectivity index (χ0v) is 14.2. The van der Waals surface area contributed by atoms with Crippen LogP contribution in [0.1, 0.15) is 12.8 Å². The smallest absolute Gasteiger partial charge is 0.329 e. The zero-order chi connectivity index (χ0) is 17.7. The maximum Gasteiger partial charge on any atom is 0.329 e. The summed E-state index contributed by atoms with van der Waals surface area (Å²) >= 11 is 0. The minimum Gasteiger partial charge on any atom is -0.467 e. The van der Waals surface area contributed by atoms with Gasteiger partial charge in [0.05, 0.1) is 12.0 Å². The molecule has 1 aliphatic heterocycles. The van der Waals surface area contributed by atoms with Crippen LogP contribution in [0.4, 0.5) is 0 Å². The third-order valence-corrected chi connectivity index (χ3v) is 5.82. The quantitative estimate of drug-likeness (QED) is 0.661. The fraction of sp³-hybridized carbons (Fsp3) is 0.467. The second-order valence-corrected chi connectivity index (χ2v) is 7.30. The molecular weight excluding hydrogens is 334 g/mol. The van der Waals surface area contributed by atoms with Gasteiger partial charge in [0.25, 0.3) is 0 Å². The van der Waals surface area contributed by atoms with Gasteiger partial charge in [-0.1, -0.05) is 18.2 Å². The summed E-state index contributed by atoms with van der Waals surface area (Å²) in [6.07, 6.45) is 0.950. The molecule has 132 valence electrons. The Labute approximate surface area is 141 Å². The Morgan fingerprint density at radius 1 is 1.38 bits per heavy atom. The third kappa shape index (κ3) is 3.74. The van der Waals surface area contributed by atoms with Crippen molar-refractivity contribution >= 4 is 21.9 Å². The first-order valence-corrected chi connectivity index (χ1v) is 9.01. The van der Waals surface area contributed by atoms with Gasteiger partial charge in [-0.15, -0.1) is 0 Å². The van der Waals surface area contributed by atoms with E-state index in [0.717, 1.165) is 0 Å². The van der Waals surface area contributed by atoms with Crippen molar-refractivity contribution in [2.75, 3.05) is 20.2 Å². The van der Waals surface area contributed by atoms with Crippen LogP contribution in [0.2, 0.25) is 0 Å². The van der Waals surface area contributed by atoms with E-state index in [-0.39, 0.29) is 18.0 Å². The minimum atomic E-state index is -3.78. The molecule has 8 nitrogen and oxygen atoms in total. The van der Waals surface area contributed by atoms with Crippen LogP contribution in [0.15, 0.2) is 35.2 Å². The highest BCUT2D eigenvalue weighted by Crippen LogP contribution is 2.26. The number of nitrogens with zero attached hydrogens (tertiary/aromatic N) is 1. The number of hydrogen-bond donors (Lipinski definition) is 2. The Morgan fingerprint density at radius 3 is 2.62 bits per heavy atom. The van der Waals surface area contributed by atoms with E-state index in [9.17, 15) is 18.0 Å². The lowest BCUT2D eigenvalue weighted by Crippen LogP contribution is -2.53. The molecule has 0 aromatic heterocycles. The first-order chi connectivity index (χ1) is 11.4. The Bertz CT molecular complexity index is 692. The predicted molar refractivity (Wildman–Crippen MR) is 86.4 cm³/mol. The lowest BCUT2D eigenvalue weighted by molar-refractivity contribution is -0.145. The number of carbonyl (C=O) groups excluding carboxylic acids is 2. The van der Waals surface area contributed by atoms with Gasteiger partial charge < -0.3 is 15.8 Å².